The van der Waals surface area contributed by atoms with Crippen molar-refractivity contribution in [2.24, 2.45) is 5.92 Å². The van der Waals surface area contributed by atoms with Crippen LogP contribution in [-0.4, -0.2) is 32.4 Å². The lowest BCUT2D eigenvalue weighted by Crippen LogP contribution is -2.41. The maximum atomic E-state index is 13.2. The SMILES string of the molecule is O=S(=O)(c1ccc2ccccc2c1)N1CCCC(COCc2ccccc2)C1. The average molecular weight is 396 g/mol. The third-order valence-electron chi connectivity index (χ3n) is 5.31. The van der Waals surface area contributed by atoms with Gasteiger partial charge >= 0.3 is 0 Å². The topological polar surface area (TPSA) is 46.6 Å². The molecule has 3 aromatic carbocycles. The Bertz CT molecular complexity index is 1030. The quantitative estimate of drug-likeness (QED) is 0.619. The first-order chi connectivity index (χ1) is 13.6. The van der Waals surface area contributed by atoms with Gasteiger partial charge in [-0.15, -0.1) is 0 Å². The van der Waals surface area contributed by atoms with Crippen LogP contribution in [0.2, 0.25) is 0 Å². The zero-order chi connectivity index (χ0) is 19.4. The van der Waals surface area contributed by atoms with Crippen molar-refractivity contribution in [3.05, 3.63) is 78.4 Å². The number of sulfonamides is 1. The second kappa shape index (κ2) is 8.43. The van der Waals surface area contributed by atoms with Crippen LogP contribution < -0.4 is 0 Å². The smallest absolute Gasteiger partial charge is 0.243 e. The molecule has 0 saturated carbocycles. The zero-order valence-electron chi connectivity index (χ0n) is 15.8. The van der Waals surface area contributed by atoms with Gasteiger partial charge in [0.25, 0.3) is 0 Å². The van der Waals surface area contributed by atoms with Crippen molar-refractivity contribution < 1.29 is 13.2 Å². The van der Waals surface area contributed by atoms with Crippen LogP contribution in [0.4, 0.5) is 0 Å². The van der Waals surface area contributed by atoms with E-state index in [0.717, 1.165) is 29.2 Å². The number of piperidine rings is 1. The van der Waals surface area contributed by atoms with E-state index in [2.05, 4.69) is 0 Å². The largest absolute Gasteiger partial charge is 0.376 e. The van der Waals surface area contributed by atoms with E-state index in [0.29, 0.717) is 31.2 Å². The summed E-state index contributed by atoms with van der Waals surface area (Å²) in [4.78, 5) is 0.372. The number of nitrogens with zero attached hydrogens (tertiary/aromatic N) is 1. The van der Waals surface area contributed by atoms with Crippen LogP contribution in [0, 0.1) is 5.92 Å². The lowest BCUT2D eigenvalue weighted by molar-refractivity contribution is 0.0672. The van der Waals surface area contributed by atoms with E-state index >= 15 is 0 Å². The molecule has 0 aromatic heterocycles. The number of hydrogen-bond donors (Lipinski definition) is 0. The number of hydrogen-bond acceptors (Lipinski definition) is 3. The van der Waals surface area contributed by atoms with E-state index in [1.807, 2.05) is 60.7 Å². The molecule has 0 spiro atoms. The Morgan fingerprint density at radius 2 is 1.68 bits per heavy atom. The molecule has 146 valence electrons. The Kier molecular flexibility index (Phi) is 5.76. The molecule has 1 aliphatic rings. The molecule has 3 aromatic rings. The van der Waals surface area contributed by atoms with Crippen molar-refractivity contribution in [3.8, 4) is 0 Å². The molecular formula is C23H25NO3S. The summed E-state index contributed by atoms with van der Waals surface area (Å²) in [6, 6.07) is 23.3. The molecule has 1 fully saturated rings. The zero-order valence-corrected chi connectivity index (χ0v) is 16.6. The lowest BCUT2D eigenvalue weighted by Gasteiger charge is -2.31. The van der Waals surface area contributed by atoms with E-state index in [9.17, 15) is 8.42 Å². The Morgan fingerprint density at radius 3 is 2.50 bits per heavy atom. The van der Waals surface area contributed by atoms with Gasteiger partial charge in [-0.1, -0.05) is 60.7 Å². The Labute approximate surface area is 166 Å². The van der Waals surface area contributed by atoms with Gasteiger partial charge in [-0.25, -0.2) is 8.42 Å². The second-order valence-electron chi connectivity index (χ2n) is 7.38. The fourth-order valence-electron chi connectivity index (χ4n) is 3.78. The van der Waals surface area contributed by atoms with Crippen molar-refractivity contribution >= 4 is 20.8 Å². The summed E-state index contributed by atoms with van der Waals surface area (Å²) in [5, 5.41) is 2.00. The summed E-state index contributed by atoms with van der Waals surface area (Å²) in [6.45, 7) is 2.24. The summed E-state index contributed by atoms with van der Waals surface area (Å²) in [5.74, 6) is 0.229. The van der Waals surface area contributed by atoms with Crippen LogP contribution in [0.25, 0.3) is 10.8 Å². The molecule has 0 aliphatic carbocycles. The predicted octanol–water partition coefficient (Wildman–Crippen LogP) is 4.46. The van der Waals surface area contributed by atoms with Crippen molar-refractivity contribution in [1.82, 2.24) is 4.31 Å². The van der Waals surface area contributed by atoms with Gasteiger partial charge < -0.3 is 4.74 Å². The van der Waals surface area contributed by atoms with Crippen molar-refractivity contribution in [2.45, 2.75) is 24.3 Å². The molecule has 4 rings (SSSR count). The number of fused-ring (bicyclic) bond motifs is 1. The molecule has 28 heavy (non-hydrogen) atoms. The normalized spacial score (nSPS) is 18.4. The van der Waals surface area contributed by atoms with Crippen LogP contribution in [0.1, 0.15) is 18.4 Å². The highest BCUT2D eigenvalue weighted by atomic mass is 32.2. The first-order valence-electron chi connectivity index (χ1n) is 9.73. The average Bonchev–Trinajstić information content (AvgIpc) is 2.74. The monoisotopic (exact) mass is 395 g/mol. The number of benzene rings is 3. The van der Waals surface area contributed by atoms with Gasteiger partial charge in [0.1, 0.15) is 0 Å². The van der Waals surface area contributed by atoms with Crippen molar-refractivity contribution in [3.63, 3.8) is 0 Å². The summed E-state index contributed by atoms with van der Waals surface area (Å²) in [7, 11) is -3.49. The summed E-state index contributed by atoms with van der Waals surface area (Å²) >= 11 is 0. The van der Waals surface area contributed by atoms with Gasteiger partial charge in [0.15, 0.2) is 0 Å². The van der Waals surface area contributed by atoms with Crippen molar-refractivity contribution in [2.75, 3.05) is 19.7 Å². The predicted molar refractivity (Wildman–Crippen MR) is 112 cm³/mol. The molecule has 0 amide bonds. The molecule has 1 heterocycles. The lowest BCUT2D eigenvalue weighted by atomic mass is 10.0. The molecule has 5 heteroatoms. The third-order valence-corrected chi connectivity index (χ3v) is 7.17. The molecular weight excluding hydrogens is 370 g/mol. The molecule has 1 unspecified atom stereocenters. The highest BCUT2D eigenvalue weighted by molar-refractivity contribution is 7.89. The summed E-state index contributed by atoms with van der Waals surface area (Å²) in [6.07, 6.45) is 1.87. The third kappa shape index (κ3) is 4.27. The number of ether oxygens (including phenoxy) is 1. The fraction of sp³-hybridized carbons (Fsp3) is 0.304. The van der Waals surface area contributed by atoms with Gasteiger partial charge in [0.2, 0.25) is 10.0 Å². The van der Waals surface area contributed by atoms with E-state index in [1.165, 1.54) is 0 Å². The van der Waals surface area contributed by atoms with Crippen LogP contribution in [0.5, 0.6) is 0 Å². The first kappa shape index (κ1) is 19.1. The van der Waals surface area contributed by atoms with Crippen LogP contribution in [-0.2, 0) is 21.4 Å². The Hall–Kier alpha value is -2.21. The fourth-order valence-corrected chi connectivity index (χ4v) is 5.37. The van der Waals surface area contributed by atoms with Crippen LogP contribution >= 0.6 is 0 Å². The maximum absolute atomic E-state index is 13.2. The van der Waals surface area contributed by atoms with Crippen molar-refractivity contribution in [1.29, 1.82) is 0 Å². The molecule has 0 radical (unpaired) electrons. The molecule has 0 bridgehead atoms. The summed E-state index contributed by atoms with van der Waals surface area (Å²) < 4.78 is 33.8. The molecule has 0 N–H and O–H groups in total. The van der Waals surface area contributed by atoms with Crippen LogP contribution in [0.15, 0.2) is 77.7 Å². The van der Waals surface area contributed by atoms with Gasteiger partial charge in [0.05, 0.1) is 18.1 Å². The molecule has 1 saturated heterocycles. The van der Waals surface area contributed by atoms with E-state index in [1.54, 1.807) is 16.4 Å². The van der Waals surface area contributed by atoms with Gasteiger partial charge in [-0.2, -0.15) is 4.31 Å². The highest BCUT2D eigenvalue weighted by Crippen LogP contribution is 2.26. The Morgan fingerprint density at radius 1 is 0.929 bits per heavy atom. The van der Waals surface area contributed by atoms with Gasteiger partial charge in [-0.3, -0.25) is 0 Å². The van der Waals surface area contributed by atoms with Gasteiger partial charge in [0, 0.05) is 13.1 Å². The molecule has 1 aliphatic heterocycles. The highest BCUT2D eigenvalue weighted by Gasteiger charge is 2.30. The second-order valence-corrected chi connectivity index (χ2v) is 9.32. The maximum Gasteiger partial charge on any atom is 0.243 e. The molecule has 4 nitrogen and oxygen atoms in total. The first-order valence-corrected chi connectivity index (χ1v) is 11.2. The van der Waals surface area contributed by atoms with Gasteiger partial charge in [-0.05, 0) is 47.2 Å². The minimum absolute atomic E-state index is 0.229. The Balaban J connectivity index is 1.42. The van der Waals surface area contributed by atoms with E-state index in [-0.39, 0.29) is 5.92 Å². The minimum atomic E-state index is -3.49. The number of rotatable bonds is 6. The van der Waals surface area contributed by atoms with E-state index in [4.69, 9.17) is 4.74 Å². The minimum Gasteiger partial charge on any atom is -0.376 e. The molecule has 1 atom stereocenters. The van der Waals surface area contributed by atoms with Crippen LogP contribution in [0.3, 0.4) is 0 Å². The van der Waals surface area contributed by atoms with E-state index < -0.39 is 10.0 Å². The summed E-state index contributed by atoms with van der Waals surface area (Å²) in [5.41, 5.74) is 1.14. The standard InChI is InChI=1S/C23H25NO3S/c25-28(26,23-13-12-21-10-4-5-11-22(21)15-23)24-14-6-9-20(16-24)18-27-17-19-7-2-1-3-8-19/h1-5,7-8,10-13,15,20H,6,9,14,16-18H2.